The Labute approximate surface area is 133 Å². The van der Waals surface area contributed by atoms with E-state index in [-0.39, 0.29) is 24.2 Å². The fraction of sp³-hybridized carbons (Fsp3) is 0.667. The molecule has 1 aromatic carbocycles. The van der Waals surface area contributed by atoms with Crippen LogP contribution in [0, 0.1) is 5.41 Å². The zero-order valence-corrected chi connectivity index (χ0v) is 14.0. The van der Waals surface area contributed by atoms with E-state index >= 15 is 0 Å². The van der Waals surface area contributed by atoms with Crippen molar-refractivity contribution in [1.82, 2.24) is 5.32 Å². The molecule has 1 fully saturated rings. The van der Waals surface area contributed by atoms with Crippen molar-refractivity contribution in [2.24, 2.45) is 5.41 Å². The number of hydrogen-bond donors (Lipinski definition) is 2. The lowest BCUT2D eigenvalue weighted by Gasteiger charge is -2.36. The minimum Gasteiger partial charge on any atom is -0.491 e. The van der Waals surface area contributed by atoms with Crippen molar-refractivity contribution >= 4 is 0 Å². The van der Waals surface area contributed by atoms with Gasteiger partial charge in [-0.25, -0.2) is 0 Å². The van der Waals surface area contributed by atoms with Crippen LogP contribution in [0.15, 0.2) is 24.3 Å². The number of nitrogens with one attached hydrogen (secondary N) is 1. The molecule has 4 nitrogen and oxygen atoms in total. The van der Waals surface area contributed by atoms with Gasteiger partial charge < -0.3 is 19.9 Å². The second-order valence-corrected chi connectivity index (χ2v) is 6.61. The van der Waals surface area contributed by atoms with Gasteiger partial charge in [-0.05, 0) is 51.3 Å². The van der Waals surface area contributed by atoms with Gasteiger partial charge in [0, 0.05) is 31.2 Å². The highest BCUT2D eigenvalue weighted by Crippen LogP contribution is 2.30. The molecule has 0 saturated carbocycles. The third kappa shape index (κ3) is 4.70. The van der Waals surface area contributed by atoms with Crippen LogP contribution in [0.1, 0.15) is 45.2 Å². The lowest BCUT2D eigenvalue weighted by molar-refractivity contribution is -0.0163. The molecule has 1 aliphatic heterocycles. The summed E-state index contributed by atoms with van der Waals surface area (Å²) in [5.74, 6) is 0.905. The number of ether oxygens (including phenoxy) is 2. The summed E-state index contributed by atoms with van der Waals surface area (Å²) in [6.07, 6.45) is 2.04. The summed E-state index contributed by atoms with van der Waals surface area (Å²) in [6, 6.07) is 8.49. The Bertz CT molecular complexity index is 438. The highest BCUT2D eigenvalue weighted by Gasteiger charge is 2.32. The molecule has 22 heavy (non-hydrogen) atoms. The van der Waals surface area contributed by atoms with E-state index < -0.39 is 0 Å². The van der Waals surface area contributed by atoms with E-state index in [2.05, 4.69) is 24.4 Å². The first-order chi connectivity index (χ1) is 10.5. The van der Waals surface area contributed by atoms with E-state index in [0.717, 1.165) is 38.3 Å². The summed E-state index contributed by atoms with van der Waals surface area (Å²) in [6.45, 7) is 8.74. The van der Waals surface area contributed by atoms with E-state index in [0.29, 0.717) is 0 Å². The largest absolute Gasteiger partial charge is 0.491 e. The van der Waals surface area contributed by atoms with Crippen LogP contribution in [-0.4, -0.2) is 37.6 Å². The molecule has 0 aromatic heterocycles. The predicted molar refractivity (Wildman–Crippen MR) is 88.2 cm³/mol. The Balaban J connectivity index is 1.89. The smallest absolute Gasteiger partial charge is 0.119 e. The zero-order valence-electron chi connectivity index (χ0n) is 14.0. The van der Waals surface area contributed by atoms with Gasteiger partial charge in [-0.3, -0.25) is 0 Å². The SMILES string of the molecule is CC(C)Oc1ccc(C(C)NCC2(CO)CCOCC2)cc1. The van der Waals surface area contributed by atoms with Crippen LogP contribution in [0.3, 0.4) is 0 Å². The minimum absolute atomic E-state index is 0.0345. The quantitative estimate of drug-likeness (QED) is 0.813. The highest BCUT2D eigenvalue weighted by atomic mass is 16.5. The molecule has 1 heterocycles. The van der Waals surface area contributed by atoms with Crippen LogP contribution >= 0.6 is 0 Å². The molecule has 1 unspecified atom stereocenters. The maximum absolute atomic E-state index is 9.73. The van der Waals surface area contributed by atoms with Crippen molar-refractivity contribution in [1.29, 1.82) is 0 Å². The Hall–Kier alpha value is -1.10. The molecule has 4 heteroatoms. The van der Waals surface area contributed by atoms with Crippen molar-refractivity contribution in [3.63, 3.8) is 0 Å². The molecule has 1 atom stereocenters. The topological polar surface area (TPSA) is 50.7 Å². The number of aliphatic hydroxyl groups is 1. The first-order valence-electron chi connectivity index (χ1n) is 8.23. The van der Waals surface area contributed by atoms with Crippen molar-refractivity contribution in [2.75, 3.05) is 26.4 Å². The molecule has 0 amide bonds. The third-order valence-corrected chi connectivity index (χ3v) is 4.42. The first-order valence-corrected chi connectivity index (χ1v) is 8.23. The summed E-state index contributed by atoms with van der Waals surface area (Å²) in [5, 5.41) is 13.3. The number of benzene rings is 1. The average molecular weight is 307 g/mol. The Morgan fingerprint density at radius 2 is 1.82 bits per heavy atom. The highest BCUT2D eigenvalue weighted by molar-refractivity contribution is 5.29. The molecule has 0 radical (unpaired) electrons. The van der Waals surface area contributed by atoms with Crippen LogP contribution in [-0.2, 0) is 4.74 Å². The lowest BCUT2D eigenvalue weighted by Crippen LogP contribution is -2.42. The lowest BCUT2D eigenvalue weighted by atomic mass is 9.80. The Morgan fingerprint density at radius 3 is 2.36 bits per heavy atom. The summed E-state index contributed by atoms with van der Waals surface area (Å²) in [7, 11) is 0. The van der Waals surface area contributed by atoms with Gasteiger partial charge in [0.1, 0.15) is 5.75 Å². The molecular formula is C18H29NO3. The maximum Gasteiger partial charge on any atom is 0.119 e. The molecule has 2 N–H and O–H groups in total. The van der Waals surface area contributed by atoms with Gasteiger partial charge in [0.2, 0.25) is 0 Å². The van der Waals surface area contributed by atoms with Gasteiger partial charge >= 0.3 is 0 Å². The molecule has 124 valence electrons. The van der Waals surface area contributed by atoms with Crippen LogP contribution in [0.2, 0.25) is 0 Å². The fourth-order valence-corrected chi connectivity index (χ4v) is 2.79. The van der Waals surface area contributed by atoms with Crippen molar-refractivity contribution < 1.29 is 14.6 Å². The van der Waals surface area contributed by atoms with E-state index in [1.165, 1.54) is 5.56 Å². The monoisotopic (exact) mass is 307 g/mol. The number of hydrogen-bond acceptors (Lipinski definition) is 4. The van der Waals surface area contributed by atoms with Gasteiger partial charge in [0.05, 0.1) is 12.7 Å². The fourth-order valence-electron chi connectivity index (χ4n) is 2.79. The molecule has 1 aromatic rings. The van der Waals surface area contributed by atoms with Crippen molar-refractivity contribution in [3.05, 3.63) is 29.8 Å². The molecule has 0 spiro atoms. The molecule has 2 rings (SSSR count). The van der Waals surface area contributed by atoms with Crippen LogP contribution in [0.25, 0.3) is 0 Å². The summed E-state index contributed by atoms with van der Waals surface area (Å²) in [5.41, 5.74) is 1.20. The van der Waals surface area contributed by atoms with Gasteiger partial charge in [0.15, 0.2) is 0 Å². The van der Waals surface area contributed by atoms with Crippen molar-refractivity contribution in [2.45, 2.75) is 45.8 Å². The Morgan fingerprint density at radius 1 is 1.18 bits per heavy atom. The predicted octanol–water partition coefficient (Wildman–Crippen LogP) is 2.91. The summed E-state index contributed by atoms with van der Waals surface area (Å²) >= 11 is 0. The van der Waals surface area contributed by atoms with Crippen LogP contribution in [0.4, 0.5) is 0 Å². The van der Waals surface area contributed by atoms with Crippen molar-refractivity contribution in [3.8, 4) is 5.75 Å². The molecule has 0 bridgehead atoms. The van der Waals surface area contributed by atoms with Crippen LogP contribution < -0.4 is 10.1 Å². The minimum atomic E-state index is -0.0345. The maximum atomic E-state index is 9.73. The van der Waals surface area contributed by atoms with E-state index in [9.17, 15) is 5.11 Å². The van der Waals surface area contributed by atoms with E-state index in [4.69, 9.17) is 9.47 Å². The number of aliphatic hydroxyl groups excluding tert-OH is 1. The third-order valence-electron chi connectivity index (χ3n) is 4.42. The number of rotatable bonds is 7. The molecule has 0 aliphatic carbocycles. The summed E-state index contributed by atoms with van der Waals surface area (Å²) in [4.78, 5) is 0. The van der Waals surface area contributed by atoms with Gasteiger partial charge in [0.25, 0.3) is 0 Å². The Kier molecular flexibility index (Phi) is 6.24. The van der Waals surface area contributed by atoms with Gasteiger partial charge in [-0.1, -0.05) is 12.1 Å². The first kappa shape index (κ1) is 17.3. The average Bonchev–Trinajstić information content (AvgIpc) is 2.54. The van der Waals surface area contributed by atoms with Crippen LogP contribution in [0.5, 0.6) is 5.75 Å². The second kappa shape index (κ2) is 7.95. The molecule has 1 saturated heterocycles. The van der Waals surface area contributed by atoms with E-state index in [1.807, 2.05) is 26.0 Å². The molecular weight excluding hydrogens is 278 g/mol. The normalized spacial score (nSPS) is 19.1. The zero-order chi connectivity index (χ0) is 16.0. The van der Waals surface area contributed by atoms with Gasteiger partial charge in [-0.2, -0.15) is 0 Å². The van der Waals surface area contributed by atoms with E-state index in [1.54, 1.807) is 0 Å². The molecule has 1 aliphatic rings. The summed E-state index contributed by atoms with van der Waals surface area (Å²) < 4.78 is 11.1. The van der Waals surface area contributed by atoms with Gasteiger partial charge in [-0.15, -0.1) is 0 Å². The second-order valence-electron chi connectivity index (χ2n) is 6.61. The standard InChI is InChI=1S/C18H29NO3/c1-14(2)22-17-6-4-16(5-7-17)15(3)19-12-18(13-20)8-10-21-11-9-18/h4-7,14-15,19-20H,8-13H2,1-3H3.